The van der Waals surface area contributed by atoms with Crippen molar-refractivity contribution in [3.05, 3.63) is 58.2 Å². The van der Waals surface area contributed by atoms with E-state index in [2.05, 4.69) is 0 Å². The van der Waals surface area contributed by atoms with Crippen LogP contribution in [-0.2, 0) is 14.3 Å². The molecule has 0 bridgehead atoms. The maximum absolute atomic E-state index is 13.2. The molecule has 2 aromatic rings. The number of carbonyl (C=O) groups is 1. The number of aliphatic hydroxyl groups excluding tert-OH is 1. The lowest BCUT2D eigenvalue weighted by Gasteiger charge is -2.37. The first kappa shape index (κ1) is 21.1. The molecule has 3 rings (SSSR count). The number of hydrogen-bond acceptors (Lipinski definition) is 6. The summed E-state index contributed by atoms with van der Waals surface area (Å²) < 4.78 is 17.4. The lowest BCUT2D eigenvalue weighted by Crippen LogP contribution is -2.39. The Balaban J connectivity index is 2.13. The Kier molecular flexibility index (Phi) is 6.71. The van der Waals surface area contributed by atoms with Crippen molar-refractivity contribution in [3.8, 4) is 0 Å². The smallest absolute Gasteiger partial charge is 0.288 e. The molecule has 0 unspecified atom stereocenters. The summed E-state index contributed by atoms with van der Waals surface area (Å²) in [5.41, 5.74) is 0.815. The minimum atomic E-state index is -0.702. The lowest BCUT2D eigenvalue weighted by molar-refractivity contribution is -0.169. The van der Waals surface area contributed by atoms with Crippen LogP contribution < -0.4 is 5.43 Å². The highest BCUT2D eigenvalue weighted by Crippen LogP contribution is 2.39. The molecule has 29 heavy (non-hydrogen) atoms. The van der Waals surface area contributed by atoms with E-state index in [0.29, 0.717) is 36.0 Å². The van der Waals surface area contributed by atoms with Gasteiger partial charge in [-0.15, -0.1) is 0 Å². The number of aliphatic hydroxyl groups is 1. The number of likely N-dealkylation sites (N-methyl/N-ethyl adjacent to an activating group) is 1. The number of fused-ring (bicyclic) bond motifs is 1. The number of hydrogen-bond donors (Lipinski definition) is 1. The number of ether oxygens (including phenoxy) is 2. The van der Waals surface area contributed by atoms with E-state index in [-0.39, 0.29) is 29.6 Å². The van der Waals surface area contributed by atoms with Crippen molar-refractivity contribution in [1.29, 1.82) is 0 Å². The normalized spacial score (nSPS) is 21.5. The maximum atomic E-state index is 13.2. The molecule has 7 nitrogen and oxygen atoms in total. The molecule has 0 aliphatic carbocycles. The zero-order chi connectivity index (χ0) is 21.0. The van der Waals surface area contributed by atoms with Gasteiger partial charge in [0.25, 0.3) is 5.91 Å². The summed E-state index contributed by atoms with van der Waals surface area (Å²) in [6.45, 7) is 2.25. The fraction of sp³-hybridized carbons (Fsp3) is 0.455. The number of allylic oxidation sites excluding steroid dienone is 1. The first-order chi connectivity index (χ1) is 14.0. The SMILES string of the molecule is CCO[C@@H]1OC(C(=O)N(C)C)=C[C@H](c2coc3ccccc3c2=O)[C@@H]1CCCO. The van der Waals surface area contributed by atoms with Gasteiger partial charge < -0.3 is 23.9 Å². The van der Waals surface area contributed by atoms with Crippen molar-refractivity contribution in [2.45, 2.75) is 32.0 Å². The summed E-state index contributed by atoms with van der Waals surface area (Å²) in [6.07, 6.45) is 3.53. The van der Waals surface area contributed by atoms with Gasteiger partial charge in [0, 0.05) is 44.7 Å². The number of amides is 1. The summed E-state index contributed by atoms with van der Waals surface area (Å²) in [5.74, 6) is -0.840. The molecule has 0 spiro atoms. The zero-order valence-corrected chi connectivity index (χ0v) is 17.0. The Morgan fingerprint density at radius 2 is 2.03 bits per heavy atom. The average molecular weight is 401 g/mol. The Morgan fingerprint density at radius 1 is 1.28 bits per heavy atom. The van der Waals surface area contributed by atoms with E-state index in [0.717, 1.165) is 0 Å². The van der Waals surface area contributed by atoms with Crippen LogP contribution in [0.2, 0.25) is 0 Å². The lowest BCUT2D eigenvalue weighted by atomic mass is 9.81. The van der Waals surface area contributed by atoms with Crippen molar-refractivity contribution >= 4 is 16.9 Å². The molecule has 3 atom stereocenters. The molecule has 1 aliphatic heterocycles. The van der Waals surface area contributed by atoms with Crippen LogP contribution in [0.3, 0.4) is 0 Å². The van der Waals surface area contributed by atoms with E-state index in [9.17, 15) is 14.7 Å². The summed E-state index contributed by atoms with van der Waals surface area (Å²) in [7, 11) is 3.28. The van der Waals surface area contributed by atoms with E-state index in [1.165, 1.54) is 11.2 Å². The molecule has 7 heteroatoms. The highest BCUT2D eigenvalue weighted by Gasteiger charge is 2.39. The Morgan fingerprint density at radius 3 is 2.72 bits per heavy atom. The van der Waals surface area contributed by atoms with Crippen LogP contribution in [0.25, 0.3) is 11.0 Å². The van der Waals surface area contributed by atoms with Gasteiger partial charge in [-0.05, 0) is 38.0 Å². The first-order valence-corrected chi connectivity index (χ1v) is 9.81. The van der Waals surface area contributed by atoms with Gasteiger partial charge in [-0.2, -0.15) is 0 Å². The standard InChI is InChI=1S/C22H27NO6/c1-4-27-22-14(9-7-11-24)16(12-19(29-22)21(26)23(2)3)17-13-28-18-10-6-5-8-15(18)20(17)25/h5-6,8,10,12-14,16,22,24H,4,7,9,11H2,1-3H3/t14-,16-,22+/m0/s1. The van der Waals surface area contributed by atoms with Gasteiger partial charge in [0.15, 0.2) is 11.2 Å². The quantitative estimate of drug-likeness (QED) is 0.767. The Labute approximate surface area is 169 Å². The number of carbonyl (C=O) groups excluding carboxylic acids is 1. The first-order valence-electron chi connectivity index (χ1n) is 9.81. The van der Waals surface area contributed by atoms with Crippen LogP contribution in [0, 0.1) is 5.92 Å². The van der Waals surface area contributed by atoms with Crippen LogP contribution >= 0.6 is 0 Å². The van der Waals surface area contributed by atoms with Crippen molar-refractivity contribution in [1.82, 2.24) is 4.90 Å². The number of para-hydroxylation sites is 1. The Bertz CT molecular complexity index is 948. The van der Waals surface area contributed by atoms with E-state index in [4.69, 9.17) is 13.9 Å². The van der Waals surface area contributed by atoms with E-state index < -0.39 is 12.2 Å². The molecule has 2 heterocycles. The Hall–Kier alpha value is -2.64. The second-order valence-electron chi connectivity index (χ2n) is 7.24. The molecule has 156 valence electrons. The largest absolute Gasteiger partial charge is 0.464 e. The molecule has 1 aromatic carbocycles. The van der Waals surface area contributed by atoms with E-state index in [1.807, 2.05) is 13.0 Å². The zero-order valence-electron chi connectivity index (χ0n) is 17.0. The van der Waals surface area contributed by atoms with E-state index in [1.54, 1.807) is 38.4 Å². The van der Waals surface area contributed by atoms with Gasteiger partial charge in [0.1, 0.15) is 5.58 Å². The molecule has 0 saturated carbocycles. The second-order valence-corrected chi connectivity index (χ2v) is 7.24. The summed E-state index contributed by atoms with van der Waals surface area (Å²) >= 11 is 0. The molecule has 1 amide bonds. The van der Waals surface area contributed by atoms with Gasteiger partial charge in [-0.25, -0.2) is 0 Å². The predicted molar refractivity (Wildman–Crippen MR) is 108 cm³/mol. The molecule has 1 aliphatic rings. The number of rotatable bonds is 7. The molecule has 1 aromatic heterocycles. The summed E-state index contributed by atoms with van der Waals surface area (Å²) in [4.78, 5) is 27.2. The van der Waals surface area contributed by atoms with Crippen molar-refractivity contribution in [2.75, 3.05) is 27.3 Å². The third-order valence-corrected chi connectivity index (χ3v) is 5.09. The topological polar surface area (TPSA) is 89.2 Å². The molecular weight excluding hydrogens is 374 g/mol. The summed E-state index contributed by atoms with van der Waals surface area (Å²) in [5, 5.41) is 9.83. The minimum Gasteiger partial charge on any atom is -0.464 e. The highest BCUT2D eigenvalue weighted by atomic mass is 16.7. The molecule has 0 saturated heterocycles. The molecular formula is C22H27NO6. The van der Waals surface area contributed by atoms with Crippen LogP contribution in [0.4, 0.5) is 0 Å². The van der Waals surface area contributed by atoms with Crippen LogP contribution in [0.15, 0.2) is 51.6 Å². The van der Waals surface area contributed by atoms with Gasteiger partial charge in [0.2, 0.25) is 6.29 Å². The van der Waals surface area contributed by atoms with Crippen LogP contribution in [0.5, 0.6) is 0 Å². The van der Waals surface area contributed by atoms with Gasteiger partial charge in [0.05, 0.1) is 11.6 Å². The van der Waals surface area contributed by atoms with Gasteiger partial charge >= 0.3 is 0 Å². The van der Waals surface area contributed by atoms with Crippen molar-refractivity contribution < 1.29 is 23.8 Å². The molecule has 1 N–H and O–H groups in total. The van der Waals surface area contributed by atoms with E-state index >= 15 is 0 Å². The van der Waals surface area contributed by atoms with Crippen LogP contribution in [0.1, 0.15) is 31.2 Å². The fourth-order valence-electron chi connectivity index (χ4n) is 3.66. The maximum Gasteiger partial charge on any atom is 0.288 e. The number of nitrogens with zero attached hydrogens (tertiary/aromatic N) is 1. The van der Waals surface area contributed by atoms with Crippen molar-refractivity contribution in [3.63, 3.8) is 0 Å². The fourth-order valence-corrected chi connectivity index (χ4v) is 3.66. The van der Waals surface area contributed by atoms with Gasteiger partial charge in [-0.1, -0.05) is 12.1 Å². The second kappa shape index (κ2) is 9.24. The predicted octanol–water partition coefficient (Wildman–Crippen LogP) is 2.63. The van der Waals surface area contributed by atoms with Gasteiger partial charge in [-0.3, -0.25) is 9.59 Å². The number of benzene rings is 1. The monoisotopic (exact) mass is 401 g/mol. The summed E-state index contributed by atoms with van der Waals surface area (Å²) in [6, 6.07) is 7.06. The average Bonchev–Trinajstić information content (AvgIpc) is 2.72. The third kappa shape index (κ3) is 4.36. The minimum absolute atomic E-state index is 0.0155. The third-order valence-electron chi connectivity index (χ3n) is 5.09. The van der Waals surface area contributed by atoms with Crippen molar-refractivity contribution in [2.24, 2.45) is 5.92 Å². The molecule has 0 radical (unpaired) electrons. The highest BCUT2D eigenvalue weighted by molar-refractivity contribution is 5.91. The van der Waals surface area contributed by atoms with Crippen LogP contribution in [-0.4, -0.2) is 49.5 Å². The molecule has 0 fully saturated rings.